The number of aromatic nitrogens is 4. The monoisotopic (exact) mass is 333 g/mol. The summed E-state index contributed by atoms with van der Waals surface area (Å²) in [5.74, 6) is 0.694. The second-order valence-corrected chi connectivity index (χ2v) is 5.95. The Morgan fingerprint density at radius 3 is 2.92 bits per heavy atom. The fourth-order valence-corrected chi connectivity index (χ4v) is 2.87. The van der Waals surface area contributed by atoms with E-state index in [4.69, 9.17) is 12.2 Å². The van der Waals surface area contributed by atoms with E-state index >= 15 is 0 Å². The lowest BCUT2D eigenvalue weighted by Crippen LogP contribution is -1.95. The molecular formula is C18H15N5S. The first-order chi connectivity index (χ1) is 11.7. The van der Waals surface area contributed by atoms with Crippen LogP contribution < -0.4 is 0 Å². The van der Waals surface area contributed by atoms with Crippen LogP contribution in [0.1, 0.15) is 11.1 Å². The summed E-state index contributed by atoms with van der Waals surface area (Å²) in [7, 11) is 0. The second kappa shape index (κ2) is 5.90. The van der Waals surface area contributed by atoms with Crippen LogP contribution in [0.3, 0.4) is 0 Å². The first kappa shape index (κ1) is 14.6. The van der Waals surface area contributed by atoms with Crippen LogP contribution in [-0.4, -0.2) is 26.1 Å². The van der Waals surface area contributed by atoms with E-state index in [0.29, 0.717) is 10.6 Å². The fourth-order valence-electron chi connectivity index (χ4n) is 2.69. The number of H-pyrrole nitrogens is 2. The van der Waals surface area contributed by atoms with Gasteiger partial charge in [-0.3, -0.25) is 0 Å². The second-order valence-electron chi connectivity index (χ2n) is 5.57. The minimum Gasteiger partial charge on any atom is -0.361 e. The molecule has 0 aliphatic rings. The summed E-state index contributed by atoms with van der Waals surface area (Å²) in [5, 5.41) is 12.8. The first-order valence-corrected chi connectivity index (χ1v) is 7.98. The van der Waals surface area contributed by atoms with Gasteiger partial charge in [0.15, 0.2) is 5.82 Å². The summed E-state index contributed by atoms with van der Waals surface area (Å²) >= 11 is 5.32. The van der Waals surface area contributed by atoms with Gasteiger partial charge in [0.05, 0.1) is 6.21 Å². The highest BCUT2D eigenvalue weighted by Crippen LogP contribution is 2.19. The fraction of sp³-hybridized carbons (Fsp3) is 0.0556. The molecule has 2 heterocycles. The van der Waals surface area contributed by atoms with Crippen molar-refractivity contribution in [2.24, 2.45) is 5.10 Å². The summed E-state index contributed by atoms with van der Waals surface area (Å²) in [6.07, 6.45) is 3.73. The van der Waals surface area contributed by atoms with E-state index in [1.807, 2.05) is 49.5 Å². The van der Waals surface area contributed by atoms with Crippen molar-refractivity contribution >= 4 is 29.3 Å². The summed E-state index contributed by atoms with van der Waals surface area (Å²) in [6, 6.07) is 16.2. The number of hydrogen-bond donors (Lipinski definition) is 2. The van der Waals surface area contributed by atoms with Crippen molar-refractivity contribution in [2.75, 3.05) is 0 Å². The molecule has 0 aliphatic heterocycles. The van der Waals surface area contributed by atoms with Gasteiger partial charge < -0.3 is 4.98 Å². The number of para-hydroxylation sites is 1. The van der Waals surface area contributed by atoms with Gasteiger partial charge in [0, 0.05) is 28.2 Å². The zero-order valence-corrected chi connectivity index (χ0v) is 13.8. The Balaban J connectivity index is 1.78. The van der Waals surface area contributed by atoms with Gasteiger partial charge in [0.25, 0.3) is 0 Å². The van der Waals surface area contributed by atoms with Crippen LogP contribution in [-0.2, 0) is 0 Å². The zero-order valence-electron chi connectivity index (χ0n) is 13.0. The lowest BCUT2D eigenvalue weighted by atomic mass is 10.1. The van der Waals surface area contributed by atoms with Gasteiger partial charge in [-0.1, -0.05) is 42.0 Å². The van der Waals surface area contributed by atoms with E-state index in [9.17, 15) is 0 Å². The SMILES string of the molecule is Cc1cccc(-c2n[nH]c(=S)n2/N=C\c2c[nH]c3ccccc23)c1. The van der Waals surface area contributed by atoms with Crippen molar-refractivity contribution in [3.63, 3.8) is 0 Å². The van der Waals surface area contributed by atoms with Gasteiger partial charge in [0.1, 0.15) is 0 Å². The molecule has 2 aromatic heterocycles. The largest absolute Gasteiger partial charge is 0.361 e. The normalized spacial score (nSPS) is 11.5. The summed E-state index contributed by atoms with van der Waals surface area (Å²) in [5.41, 5.74) is 4.21. The third-order valence-corrected chi connectivity index (χ3v) is 4.12. The van der Waals surface area contributed by atoms with Gasteiger partial charge in [-0.25, -0.2) is 5.10 Å². The Bertz CT molecular complexity index is 1100. The van der Waals surface area contributed by atoms with E-state index < -0.39 is 0 Å². The molecule has 0 atom stereocenters. The van der Waals surface area contributed by atoms with Crippen LogP contribution in [0, 0.1) is 11.7 Å². The number of hydrogen-bond acceptors (Lipinski definition) is 3. The lowest BCUT2D eigenvalue weighted by Gasteiger charge is -2.01. The molecule has 0 bridgehead atoms. The van der Waals surface area contributed by atoms with Gasteiger partial charge in [-0.15, -0.1) is 0 Å². The molecule has 4 rings (SSSR count). The third-order valence-electron chi connectivity index (χ3n) is 3.86. The standard InChI is InChI=1S/C18H15N5S/c1-12-5-4-6-13(9-12)17-21-22-18(24)23(17)20-11-14-10-19-16-8-3-2-7-15(14)16/h2-11,19H,1H3,(H,22,24)/b20-11-. The molecule has 0 spiro atoms. The van der Waals surface area contributed by atoms with Crippen LogP contribution in [0.15, 0.2) is 59.8 Å². The maximum absolute atomic E-state index is 5.32. The van der Waals surface area contributed by atoms with Crippen LogP contribution in [0.2, 0.25) is 0 Å². The van der Waals surface area contributed by atoms with E-state index in [-0.39, 0.29) is 0 Å². The average molecular weight is 333 g/mol. The van der Waals surface area contributed by atoms with Crippen molar-refractivity contribution < 1.29 is 0 Å². The van der Waals surface area contributed by atoms with Crippen molar-refractivity contribution in [1.29, 1.82) is 0 Å². The molecule has 5 nitrogen and oxygen atoms in total. The Labute approximate surface area is 143 Å². The summed E-state index contributed by atoms with van der Waals surface area (Å²) < 4.78 is 2.11. The number of aryl methyl sites for hydroxylation is 1. The van der Waals surface area contributed by atoms with E-state index in [2.05, 4.69) is 32.4 Å². The first-order valence-electron chi connectivity index (χ1n) is 7.57. The smallest absolute Gasteiger partial charge is 0.216 e. The molecule has 0 fully saturated rings. The molecule has 0 saturated heterocycles. The number of fused-ring (bicyclic) bond motifs is 1. The molecule has 0 unspecified atom stereocenters. The number of benzene rings is 2. The van der Waals surface area contributed by atoms with Gasteiger partial charge in [-0.05, 0) is 31.3 Å². The zero-order chi connectivity index (χ0) is 16.5. The molecule has 0 saturated carbocycles. The van der Waals surface area contributed by atoms with Gasteiger partial charge in [-0.2, -0.15) is 14.9 Å². The van der Waals surface area contributed by atoms with E-state index in [0.717, 1.165) is 27.6 Å². The maximum atomic E-state index is 5.32. The van der Waals surface area contributed by atoms with Crippen molar-refractivity contribution in [3.8, 4) is 11.4 Å². The number of aromatic amines is 2. The Morgan fingerprint density at radius 1 is 1.17 bits per heavy atom. The highest BCUT2D eigenvalue weighted by atomic mass is 32.1. The number of nitrogens with one attached hydrogen (secondary N) is 2. The molecule has 4 aromatic rings. The highest BCUT2D eigenvalue weighted by Gasteiger charge is 2.08. The molecule has 2 N–H and O–H groups in total. The number of rotatable bonds is 3. The quantitative estimate of drug-likeness (QED) is 0.434. The predicted octanol–water partition coefficient (Wildman–Crippen LogP) is 4.28. The average Bonchev–Trinajstić information content (AvgIpc) is 3.16. The molecular weight excluding hydrogens is 318 g/mol. The maximum Gasteiger partial charge on any atom is 0.216 e. The van der Waals surface area contributed by atoms with E-state index in [1.54, 1.807) is 10.9 Å². The Morgan fingerprint density at radius 2 is 2.04 bits per heavy atom. The summed E-state index contributed by atoms with van der Waals surface area (Å²) in [6.45, 7) is 2.05. The molecule has 0 amide bonds. The van der Waals surface area contributed by atoms with Crippen LogP contribution in [0.25, 0.3) is 22.3 Å². The van der Waals surface area contributed by atoms with E-state index in [1.165, 1.54) is 0 Å². The molecule has 24 heavy (non-hydrogen) atoms. The molecule has 0 radical (unpaired) electrons. The van der Waals surface area contributed by atoms with Gasteiger partial charge in [0.2, 0.25) is 4.77 Å². The lowest BCUT2D eigenvalue weighted by molar-refractivity contribution is 0.871. The van der Waals surface area contributed by atoms with Crippen molar-refractivity contribution in [2.45, 2.75) is 6.92 Å². The van der Waals surface area contributed by atoms with Crippen molar-refractivity contribution in [1.82, 2.24) is 19.9 Å². The number of nitrogens with zero attached hydrogens (tertiary/aromatic N) is 3. The minimum atomic E-state index is 0.461. The van der Waals surface area contributed by atoms with Crippen LogP contribution in [0.4, 0.5) is 0 Å². The van der Waals surface area contributed by atoms with Gasteiger partial charge >= 0.3 is 0 Å². The van der Waals surface area contributed by atoms with Crippen LogP contribution in [0.5, 0.6) is 0 Å². The molecule has 0 aliphatic carbocycles. The van der Waals surface area contributed by atoms with Crippen LogP contribution >= 0.6 is 12.2 Å². The minimum absolute atomic E-state index is 0.461. The third kappa shape index (κ3) is 2.57. The Hall–Kier alpha value is -2.99. The highest BCUT2D eigenvalue weighted by molar-refractivity contribution is 7.71. The molecule has 6 heteroatoms. The Kier molecular flexibility index (Phi) is 3.59. The predicted molar refractivity (Wildman–Crippen MR) is 98.9 cm³/mol. The topological polar surface area (TPSA) is 61.8 Å². The molecule has 118 valence electrons. The van der Waals surface area contributed by atoms with Crippen molar-refractivity contribution in [3.05, 3.63) is 70.6 Å². The molecule has 2 aromatic carbocycles. The summed E-state index contributed by atoms with van der Waals surface area (Å²) in [4.78, 5) is 3.24.